The summed E-state index contributed by atoms with van der Waals surface area (Å²) in [5.41, 5.74) is 0. The summed E-state index contributed by atoms with van der Waals surface area (Å²) in [5.74, 6) is -1.96. The molecule has 0 atom stereocenters. The Bertz CT molecular complexity index is 717. The van der Waals surface area contributed by atoms with Gasteiger partial charge >= 0.3 is 17.9 Å². The molecule has 0 aliphatic heterocycles. The van der Waals surface area contributed by atoms with Crippen LogP contribution in [0.15, 0.2) is 0 Å². The third-order valence-electron chi connectivity index (χ3n) is 12.0. The van der Waals surface area contributed by atoms with Crippen LogP contribution in [0.25, 0.3) is 0 Å². The predicted octanol–water partition coefficient (Wildman–Crippen LogP) is 19.0. The number of aliphatic carboxylic acids is 3. The number of carboxylic acids is 3. The average molecular weight is 898 g/mol. The second-order valence-corrected chi connectivity index (χ2v) is 18.3. The first-order chi connectivity index (χ1) is 29.3. The Balaban J connectivity index is -0.000000396. The van der Waals surface area contributed by atoms with Gasteiger partial charge in [-0.05, 0) is 19.3 Å². The van der Waals surface area contributed by atoms with E-state index in [0.29, 0.717) is 19.3 Å². The minimum atomic E-state index is -0.653. The smallest absolute Gasteiger partial charge is 0.303 e. The van der Waals surface area contributed by atoms with Crippen molar-refractivity contribution in [1.29, 1.82) is 0 Å². The predicted molar refractivity (Wildman–Crippen MR) is 262 cm³/mol. The van der Waals surface area contributed by atoms with Gasteiger partial charge in [0.2, 0.25) is 0 Å². The Kier molecular flexibility index (Phi) is 69.7. The summed E-state index contributed by atoms with van der Waals surface area (Å²) >= 11 is 0. The summed E-state index contributed by atoms with van der Waals surface area (Å²) in [5, 5.41) is 25.6. The van der Waals surface area contributed by atoms with Crippen LogP contribution in [0.1, 0.15) is 329 Å². The molecule has 0 rings (SSSR count). The fourth-order valence-electron chi connectivity index (χ4n) is 7.94. The summed E-state index contributed by atoms with van der Waals surface area (Å²) in [6, 6.07) is 0. The van der Waals surface area contributed by atoms with Crippen molar-refractivity contribution in [1.82, 2.24) is 0 Å². The van der Waals surface area contributed by atoms with E-state index in [0.717, 1.165) is 38.5 Å². The molecule has 0 unspecified atom stereocenters. The van der Waals surface area contributed by atoms with Crippen molar-refractivity contribution in [3.05, 3.63) is 0 Å². The molecule has 0 heterocycles. The van der Waals surface area contributed by atoms with E-state index < -0.39 is 17.9 Å². The van der Waals surface area contributed by atoms with Crippen LogP contribution < -0.4 is 0 Å². The summed E-state index contributed by atoms with van der Waals surface area (Å²) in [6.07, 6.45) is 60.6. The van der Waals surface area contributed by atoms with E-state index in [2.05, 4.69) is 20.8 Å². The first kappa shape index (κ1) is 66.9. The Morgan fingerprint density at radius 1 is 0.213 bits per heavy atom. The summed E-state index contributed by atoms with van der Waals surface area (Å²) in [7, 11) is 0. The topological polar surface area (TPSA) is 112 Å². The minimum absolute atomic E-state index is 0. The van der Waals surface area contributed by atoms with Gasteiger partial charge in [-0.15, -0.1) is 0 Å². The summed E-state index contributed by atoms with van der Waals surface area (Å²) in [4.78, 5) is 31.0. The maximum atomic E-state index is 10.3. The fraction of sp³-hybridized carbons (Fsp3) is 0.944. The molecule has 0 aliphatic rings. The van der Waals surface area contributed by atoms with Gasteiger partial charge in [0.05, 0.1) is 0 Å². The zero-order valence-corrected chi connectivity index (χ0v) is 43.4. The SMILES string of the molecule is CCCCCCCCCCCCCCCCCC(=O)O.CCCCCCCCCCCCCCCCCC(=O)O.CCCCCCCCCCCCCCCCCC(=O)O.[Sc]. The molecule has 0 aliphatic carbocycles. The van der Waals surface area contributed by atoms with Crippen molar-refractivity contribution in [2.24, 2.45) is 0 Å². The number of hydrogen-bond acceptors (Lipinski definition) is 3. The Hall–Kier alpha value is -0.720. The Morgan fingerprint density at radius 3 is 0.410 bits per heavy atom. The van der Waals surface area contributed by atoms with Gasteiger partial charge in [0.15, 0.2) is 0 Å². The maximum absolute atomic E-state index is 10.3. The first-order valence-electron chi connectivity index (χ1n) is 27.0. The van der Waals surface area contributed by atoms with Crippen LogP contribution in [0, 0.1) is 0 Å². The Labute approximate surface area is 400 Å². The van der Waals surface area contributed by atoms with Crippen molar-refractivity contribution < 1.29 is 55.5 Å². The molecule has 0 saturated heterocycles. The first-order valence-corrected chi connectivity index (χ1v) is 27.0. The van der Waals surface area contributed by atoms with Crippen LogP contribution >= 0.6 is 0 Å². The molecule has 0 aromatic carbocycles. The summed E-state index contributed by atoms with van der Waals surface area (Å²) < 4.78 is 0. The molecular formula is C54H108O6Sc. The van der Waals surface area contributed by atoms with E-state index in [1.807, 2.05) is 0 Å². The maximum Gasteiger partial charge on any atom is 0.303 e. The van der Waals surface area contributed by atoms with E-state index in [1.165, 1.54) is 250 Å². The number of rotatable bonds is 48. The molecule has 3 N–H and O–H groups in total. The molecule has 1 radical (unpaired) electrons. The Morgan fingerprint density at radius 2 is 0.311 bits per heavy atom. The molecule has 0 bridgehead atoms. The second kappa shape index (κ2) is 63.6. The number of unbranched alkanes of at least 4 members (excludes halogenated alkanes) is 42. The van der Waals surface area contributed by atoms with Gasteiger partial charge < -0.3 is 15.3 Å². The average Bonchev–Trinajstić information content (AvgIpc) is 3.22. The van der Waals surface area contributed by atoms with E-state index in [4.69, 9.17) is 15.3 Å². The normalized spacial score (nSPS) is 10.7. The standard InChI is InChI=1S/3C18H36O2.Sc/c3*1-2-3-4-5-6-7-8-9-10-11-12-13-14-15-16-17-18(19)20;/h3*2-17H2,1H3,(H,19,20);. The minimum Gasteiger partial charge on any atom is -0.481 e. The molecule has 0 fully saturated rings. The number of carbonyl (C=O) groups is 3. The number of hydrogen-bond donors (Lipinski definition) is 3. The van der Waals surface area contributed by atoms with Gasteiger partial charge in [-0.1, -0.05) is 290 Å². The third-order valence-corrected chi connectivity index (χ3v) is 12.0. The van der Waals surface area contributed by atoms with E-state index in [-0.39, 0.29) is 25.8 Å². The zero-order chi connectivity index (χ0) is 44.7. The van der Waals surface area contributed by atoms with Crippen LogP contribution in [0.5, 0.6) is 0 Å². The quantitative estimate of drug-likeness (QED) is 0.0525. The van der Waals surface area contributed by atoms with E-state index in [9.17, 15) is 14.4 Å². The molecule has 7 heteroatoms. The molecule has 363 valence electrons. The van der Waals surface area contributed by atoms with Crippen LogP contribution in [-0.2, 0) is 40.2 Å². The van der Waals surface area contributed by atoms with Gasteiger partial charge in [0, 0.05) is 45.1 Å². The van der Waals surface area contributed by atoms with Crippen LogP contribution in [0.4, 0.5) is 0 Å². The molecule has 0 aromatic rings. The molecule has 6 nitrogen and oxygen atoms in total. The molecule has 0 amide bonds. The monoisotopic (exact) mass is 898 g/mol. The van der Waals surface area contributed by atoms with Gasteiger partial charge in [0.1, 0.15) is 0 Å². The zero-order valence-electron chi connectivity index (χ0n) is 41.6. The van der Waals surface area contributed by atoms with Gasteiger partial charge in [0.25, 0.3) is 0 Å². The van der Waals surface area contributed by atoms with Crippen molar-refractivity contribution in [2.45, 2.75) is 329 Å². The molecule has 61 heavy (non-hydrogen) atoms. The van der Waals surface area contributed by atoms with Crippen molar-refractivity contribution in [3.63, 3.8) is 0 Å². The van der Waals surface area contributed by atoms with Crippen LogP contribution in [0.2, 0.25) is 0 Å². The van der Waals surface area contributed by atoms with Crippen molar-refractivity contribution in [2.75, 3.05) is 0 Å². The van der Waals surface area contributed by atoms with Gasteiger partial charge in [-0.3, -0.25) is 14.4 Å². The van der Waals surface area contributed by atoms with E-state index in [1.54, 1.807) is 0 Å². The van der Waals surface area contributed by atoms with E-state index >= 15 is 0 Å². The molecule has 0 aromatic heterocycles. The fourth-order valence-corrected chi connectivity index (χ4v) is 7.94. The number of carboxylic acid groups (broad SMARTS) is 3. The van der Waals surface area contributed by atoms with Crippen LogP contribution in [0.3, 0.4) is 0 Å². The molecular weight excluding hydrogens is 790 g/mol. The van der Waals surface area contributed by atoms with Crippen LogP contribution in [-0.4, -0.2) is 33.2 Å². The second-order valence-electron chi connectivity index (χ2n) is 18.3. The van der Waals surface area contributed by atoms with Crippen molar-refractivity contribution >= 4 is 17.9 Å². The van der Waals surface area contributed by atoms with Gasteiger partial charge in [-0.25, -0.2) is 0 Å². The third kappa shape index (κ3) is 76.9. The molecule has 0 spiro atoms. The summed E-state index contributed by atoms with van der Waals surface area (Å²) in [6.45, 7) is 6.81. The largest absolute Gasteiger partial charge is 0.481 e. The van der Waals surface area contributed by atoms with Crippen molar-refractivity contribution in [3.8, 4) is 0 Å². The molecule has 0 saturated carbocycles. The van der Waals surface area contributed by atoms with Gasteiger partial charge in [-0.2, -0.15) is 0 Å².